The molecule has 8 heteroatoms. The Balaban J connectivity index is 1.36. The van der Waals surface area contributed by atoms with Crippen LogP contribution >= 0.6 is 0 Å². The second kappa shape index (κ2) is 13.1. The van der Waals surface area contributed by atoms with Gasteiger partial charge in [-0.1, -0.05) is 30.3 Å². The molecule has 0 spiro atoms. The fourth-order valence-electron chi connectivity index (χ4n) is 4.51. The Labute approximate surface area is 229 Å². The van der Waals surface area contributed by atoms with Crippen molar-refractivity contribution < 1.29 is 23.7 Å². The first-order valence-corrected chi connectivity index (χ1v) is 13.1. The zero-order valence-electron chi connectivity index (χ0n) is 22.3. The number of para-hydroxylation sites is 1. The van der Waals surface area contributed by atoms with Gasteiger partial charge in [0.15, 0.2) is 11.5 Å². The van der Waals surface area contributed by atoms with E-state index in [2.05, 4.69) is 9.88 Å². The van der Waals surface area contributed by atoms with E-state index in [1.54, 1.807) is 20.4 Å². The summed E-state index contributed by atoms with van der Waals surface area (Å²) >= 11 is 0. The van der Waals surface area contributed by atoms with Crippen LogP contribution in [0.4, 0.5) is 0 Å². The Morgan fingerprint density at radius 3 is 2.46 bits per heavy atom. The van der Waals surface area contributed by atoms with Crippen LogP contribution in [0.3, 0.4) is 0 Å². The molecule has 0 amide bonds. The fourth-order valence-corrected chi connectivity index (χ4v) is 4.51. The molecule has 0 N–H and O–H groups in total. The Kier molecular flexibility index (Phi) is 8.88. The zero-order chi connectivity index (χ0) is 26.9. The van der Waals surface area contributed by atoms with Gasteiger partial charge in [0.2, 0.25) is 5.75 Å². The standard InChI is InChI=1S/C31H33N3O5/c1-35-28-12-11-26(30(31(28)36-2)38-20-17-34-15-18-37-19-16-34)27-13-14-32-29(33-27)22-23-7-6-10-25(21-23)39-24-8-4-3-5-9-24/h3-14,21H,15-20,22H2,1-2H3. The van der Waals surface area contributed by atoms with E-state index in [-0.39, 0.29) is 0 Å². The third-order valence-electron chi connectivity index (χ3n) is 6.48. The van der Waals surface area contributed by atoms with E-state index in [1.165, 1.54) is 0 Å². The van der Waals surface area contributed by atoms with Gasteiger partial charge in [-0.15, -0.1) is 0 Å². The number of nitrogens with zero attached hydrogens (tertiary/aromatic N) is 3. The maximum atomic E-state index is 6.32. The average molecular weight is 528 g/mol. The van der Waals surface area contributed by atoms with Crippen LogP contribution in [0.2, 0.25) is 0 Å². The summed E-state index contributed by atoms with van der Waals surface area (Å²) in [4.78, 5) is 11.7. The van der Waals surface area contributed by atoms with Crippen molar-refractivity contribution in [3.63, 3.8) is 0 Å². The molecular weight excluding hydrogens is 494 g/mol. The number of benzene rings is 3. The SMILES string of the molecule is COc1ccc(-c2ccnc(Cc3cccc(Oc4ccccc4)c3)n2)c(OCCN2CCOCC2)c1OC. The lowest BCUT2D eigenvalue weighted by Crippen LogP contribution is -2.38. The van der Waals surface area contributed by atoms with Crippen LogP contribution in [0.15, 0.2) is 79.0 Å². The van der Waals surface area contributed by atoms with E-state index in [4.69, 9.17) is 28.7 Å². The molecule has 8 nitrogen and oxygen atoms in total. The molecule has 1 aliphatic heterocycles. The first kappa shape index (κ1) is 26.5. The summed E-state index contributed by atoms with van der Waals surface area (Å²) in [7, 11) is 3.24. The molecule has 0 unspecified atom stereocenters. The monoisotopic (exact) mass is 527 g/mol. The minimum absolute atomic E-state index is 0.503. The van der Waals surface area contributed by atoms with E-state index < -0.39 is 0 Å². The van der Waals surface area contributed by atoms with Gasteiger partial charge in [-0.2, -0.15) is 0 Å². The van der Waals surface area contributed by atoms with Gasteiger partial charge in [0, 0.05) is 37.8 Å². The van der Waals surface area contributed by atoms with Crippen molar-refractivity contribution in [3.05, 3.63) is 90.4 Å². The summed E-state index contributed by atoms with van der Waals surface area (Å²) in [6.07, 6.45) is 2.33. The molecule has 0 radical (unpaired) electrons. The minimum Gasteiger partial charge on any atom is -0.493 e. The molecule has 3 aromatic carbocycles. The zero-order valence-corrected chi connectivity index (χ0v) is 22.3. The predicted octanol–water partition coefficient (Wildman–Crippen LogP) is 5.25. The number of methoxy groups -OCH3 is 2. The van der Waals surface area contributed by atoms with Gasteiger partial charge in [0.05, 0.1) is 33.1 Å². The van der Waals surface area contributed by atoms with E-state index >= 15 is 0 Å². The van der Waals surface area contributed by atoms with E-state index in [1.807, 2.05) is 72.8 Å². The van der Waals surface area contributed by atoms with Crippen molar-refractivity contribution in [3.8, 4) is 40.0 Å². The minimum atomic E-state index is 0.503. The number of hydrogen-bond donors (Lipinski definition) is 0. The quantitative estimate of drug-likeness (QED) is 0.262. The molecule has 0 saturated carbocycles. The van der Waals surface area contributed by atoms with Gasteiger partial charge in [-0.05, 0) is 48.0 Å². The molecule has 2 heterocycles. The third-order valence-corrected chi connectivity index (χ3v) is 6.48. The Morgan fingerprint density at radius 2 is 1.67 bits per heavy atom. The van der Waals surface area contributed by atoms with Crippen LogP contribution < -0.4 is 18.9 Å². The normalized spacial score (nSPS) is 13.6. The van der Waals surface area contributed by atoms with Crippen molar-refractivity contribution in [1.82, 2.24) is 14.9 Å². The number of ether oxygens (including phenoxy) is 5. The summed E-state index contributed by atoms with van der Waals surface area (Å²) < 4.78 is 29.0. The highest BCUT2D eigenvalue weighted by molar-refractivity contribution is 5.74. The fraction of sp³-hybridized carbons (Fsp3) is 0.290. The highest BCUT2D eigenvalue weighted by atomic mass is 16.5. The summed E-state index contributed by atoms with van der Waals surface area (Å²) in [6.45, 7) is 4.59. The largest absolute Gasteiger partial charge is 0.493 e. The second-order valence-electron chi connectivity index (χ2n) is 9.08. The second-order valence-corrected chi connectivity index (χ2v) is 9.08. The van der Waals surface area contributed by atoms with Crippen LogP contribution in [0.1, 0.15) is 11.4 Å². The molecule has 5 rings (SSSR count). The number of hydrogen-bond acceptors (Lipinski definition) is 8. The first-order valence-electron chi connectivity index (χ1n) is 13.1. The lowest BCUT2D eigenvalue weighted by Gasteiger charge is -2.26. The smallest absolute Gasteiger partial charge is 0.203 e. The van der Waals surface area contributed by atoms with E-state index in [9.17, 15) is 0 Å². The molecule has 202 valence electrons. The Hall–Kier alpha value is -4.14. The number of aromatic nitrogens is 2. The summed E-state index contributed by atoms with van der Waals surface area (Å²) in [5.74, 6) is 4.01. The Bertz CT molecular complexity index is 1360. The van der Waals surface area contributed by atoms with E-state index in [0.717, 1.165) is 61.2 Å². The topological polar surface area (TPSA) is 75.2 Å². The van der Waals surface area contributed by atoms with Crippen molar-refractivity contribution >= 4 is 0 Å². The molecule has 4 aromatic rings. The van der Waals surface area contributed by atoms with Gasteiger partial charge in [0.1, 0.15) is 23.9 Å². The van der Waals surface area contributed by atoms with E-state index in [0.29, 0.717) is 36.1 Å². The average Bonchev–Trinajstić information content (AvgIpc) is 2.98. The van der Waals surface area contributed by atoms with Gasteiger partial charge >= 0.3 is 0 Å². The predicted molar refractivity (Wildman–Crippen MR) is 149 cm³/mol. The first-order chi connectivity index (χ1) is 19.2. The molecule has 1 fully saturated rings. The Morgan fingerprint density at radius 1 is 0.846 bits per heavy atom. The highest BCUT2D eigenvalue weighted by Gasteiger charge is 2.20. The maximum absolute atomic E-state index is 6.32. The van der Waals surface area contributed by atoms with Gasteiger partial charge in [-0.25, -0.2) is 9.97 Å². The van der Waals surface area contributed by atoms with Crippen molar-refractivity contribution in [2.24, 2.45) is 0 Å². The lowest BCUT2D eigenvalue weighted by molar-refractivity contribution is 0.0321. The van der Waals surface area contributed by atoms with Gasteiger partial charge < -0.3 is 23.7 Å². The van der Waals surface area contributed by atoms with Crippen molar-refractivity contribution in [2.45, 2.75) is 6.42 Å². The van der Waals surface area contributed by atoms with Gasteiger partial charge in [-0.3, -0.25) is 4.90 Å². The maximum Gasteiger partial charge on any atom is 0.203 e. The summed E-state index contributed by atoms with van der Waals surface area (Å²) in [5, 5.41) is 0. The van der Waals surface area contributed by atoms with Crippen molar-refractivity contribution in [1.29, 1.82) is 0 Å². The molecule has 1 aliphatic rings. The highest BCUT2D eigenvalue weighted by Crippen LogP contribution is 2.44. The lowest BCUT2D eigenvalue weighted by atomic mass is 10.1. The van der Waals surface area contributed by atoms with Crippen LogP contribution in [0.25, 0.3) is 11.3 Å². The van der Waals surface area contributed by atoms with Crippen LogP contribution in [-0.4, -0.2) is 68.5 Å². The van der Waals surface area contributed by atoms with Crippen LogP contribution in [-0.2, 0) is 11.2 Å². The molecule has 0 aliphatic carbocycles. The summed E-state index contributed by atoms with van der Waals surface area (Å²) in [5.41, 5.74) is 2.62. The molecule has 1 aromatic heterocycles. The van der Waals surface area contributed by atoms with Gasteiger partial charge in [0.25, 0.3) is 0 Å². The molecule has 1 saturated heterocycles. The molecular formula is C31H33N3O5. The molecule has 0 atom stereocenters. The molecule has 0 bridgehead atoms. The molecule has 39 heavy (non-hydrogen) atoms. The summed E-state index contributed by atoms with van der Waals surface area (Å²) in [6, 6.07) is 23.4. The number of morpholine rings is 1. The number of rotatable bonds is 11. The van der Waals surface area contributed by atoms with Crippen LogP contribution in [0.5, 0.6) is 28.7 Å². The third kappa shape index (κ3) is 6.85. The van der Waals surface area contributed by atoms with Crippen LogP contribution in [0, 0.1) is 0 Å². The van der Waals surface area contributed by atoms with Crippen molar-refractivity contribution in [2.75, 3.05) is 53.7 Å².